The van der Waals surface area contributed by atoms with Gasteiger partial charge in [-0.3, -0.25) is 0 Å². The number of methoxy groups -OCH3 is 1. The molecule has 0 radical (unpaired) electrons. The Balaban J connectivity index is 5.41. The monoisotopic (exact) mass is 364 g/mol. The molecule has 0 aliphatic heterocycles. The Labute approximate surface area is 152 Å². The van der Waals surface area contributed by atoms with Crippen LogP contribution in [0.15, 0.2) is 0 Å². The zero-order valence-corrected chi connectivity index (χ0v) is 17.5. The Bertz CT molecular complexity index is 524. The summed E-state index contributed by atoms with van der Waals surface area (Å²) in [6.45, 7) is 12.1. The van der Waals surface area contributed by atoms with Gasteiger partial charge in [-0.1, -0.05) is 20.8 Å². The minimum Gasteiger partial charge on any atom is -0.467 e. The van der Waals surface area contributed by atoms with E-state index in [2.05, 4.69) is 0 Å². The summed E-state index contributed by atoms with van der Waals surface area (Å²) in [5.74, 6) is -0.588. The maximum Gasteiger partial charge on any atom is 0.410 e. The summed E-state index contributed by atoms with van der Waals surface area (Å²) in [4.78, 5) is 25.1. The Hall–Kier alpha value is -1.08. The number of nitrogens with zero attached hydrogens (tertiary/aromatic N) is 1. The molecule has 0 saturated carbocycles. The van der Waals surface area contributed by atoms with E-state index in [-0.39, 0.29) is 18.0 Å². The zero-order chi connectivity index (χ0) is 21.8. The number of amides is 1. The number of carbonyl (C=O) groups excluding carboxylic acids is 2. The van der Waals surface area contributed by atoms with E-state index in [1.165, 1.54) is 7.11 Å². The number of ether oxygens (including phenoxy) is 2. The lowest BCUT2D eigenvalue weighted by Crippen LogP contribution is -2.47. The third-order valence-corrected chi connectivity index (χ3v) is 8.42. The fraction of sp³-hybridized carbons (Fsp3) is 0.882. The molecule has 0 saturated heterocycles. The van der Waals surface area contributed by atoms with Gasteiger partial charge in [0, 0.05) is 24.1 Å². The number of rotatable bonds is 6. The van der Waals surface area contributed by atoms with Crippen LogP contribution >= 0.6 is 0 Å². The minimum absolute atomic E-state index is 0.00316. The van der Waals surface area contributed by atoms with Crippen LogP contribution in [0.5, 0.6) is 0 Å². The molecule has 1 atom stereocenters. The molecule has 7 heteroatoms. The Kier molecular flexibility index (Phi) is 6.16. The maximum absolute atomic E-state index is 12.3. The van der Waals surface area contributed by atoms with Crippen LogP contribution in [0.2, 0.25) is 18.1 Å². The molecule has 1 unspecified atom stereocenters. The van der Waals surface area contributed by atoms with Crippen LogP contribution < -0.4 is 0 Å². The van der Waals surface area contributed by atoms with Gasteiger partial charge >= 0.3 is 12.1 Å². The Morgan fingerprint density at radius 3 is 2.08 bits per heavy atom. The van der Waals surface area contributed by atoms with Gasteiger partial charge in [0.15, 0.2) is 8.32 Å². The van der Waals surface area contributed by atoms with Crippen LogP contribution in [-0.4, -0.2) is 57.6 Å². The second-order valence-electron chi connectivity index (χ2n) is 8.31. The summed E-state index contributed by atoms with van der Waals surface area (Å²) in [6, 6.07) is 0. The molecular weight excluding hydrogens is 326 g/mol. The van der Waals surface area contributed by atoms with Crippen molar-refractivity contribution in [3.8, 4) is 0 Å². The van der Waals surface area contributed by atoms with Crippen molar-refractivity contribution in [2.45, 2.75) is 77.8 Å². The molecule has 6 nitrogen and oxygen atoms in total. The highest BCUT2D eigenvalue weighted by atomic mass is 28.4. The number of hydrogen-bond acceptors (Lipinski definition) is 5. The second kappa shape index (κ2) is 8.34. The lowest BCUT2D eigenvalue weighted by atomic mass is 10.2. The van der Waals surface area contributed by atoms with Crippen molar-refractivity contribution in [2.75, 3.05) is 20.6 Å². The van der Waals surface area contributed by atoms with Gasteiger partial charge in [-0.2, -0.15) is 0 Å². The van der Waals surface area contributed by atoms with Gasteiger partial charge in [-0.05, 0) is 38.9 Å². The molecule has 0 bridgehead atoms. The Morgan fingerprint density at radius 1 is 1.17 bits per heavy atom. The van der Waals surface area contributed by atoms with Crippen molar-refractivity contribution < 1.29 is 27.6 Å². The van der Waals surface area contributed by atoms with E-state index in [1.807, 2.05) is 33.9 Å². The van der Waals surface area contributed by atoms with E-state index in [9.17, 15) is 9.59 Å². The number of carbonyl (C=O) groups is 2. The average Bonchev–Trinajstić information content (AvgIpc) is 2.40. The van der Waals surface area contributed by atoms with Gasteiger partial charge < -0.3 is 18.8 Å². The topological polar surface area (TPSA) is 65.1 Å². The van der Waals surface area contributed by atoms with Gasteiger partial charge in [0.25, 0.3) is 0 Å². The highest BCUT2D eigenvalue weighted by Gasteiger charge is 2.41. The second-order valence-corrected chi connectivity index (χ2v) is 13.1. The van der Waals surface area contributed by atoms with Crippen molar-refractivity contribution in [1.29, 1.82) is 0 Å². The third kappa shape index (κ3) is 7.66. The average molecular weight is 365 g/mol. The molecule has 0 N–H and O–H groups in total. The van der Waals surface area contributed by atoms with Gasteiger partial charge in [0.2, 0.25) is 0 Å². The van der Waals surface area contributed by atoms with Crippen molar-refractivity contribution in [1.82, 2.24) is 4.90 Å². The molecule has 0 spiro atoms. The molecule has 0 aliphatic carbocycles. The summed E-state index contributed by atoms with van der Waals surface area (Å²) in [5, 5.41) is -0.145. The smallest absolute Gasteiger partial charge is 0.410 e. The molecule has 1 amide bonds. The number of hydrogen-bond donors (Lipinski definition) is 0. The predicted octanol–water partition coefficient (Wildman–Crippen LogP) is 3.81. The summed E-state index contributed by atoms with van der Waals surface area (Å²) in [5.41, 5.74) is -0.833. The lowest BCUT2D eigenvalue weighted by Gasteiger charge is -2.38. The fourth-order valence-electron chi connectivity index (χ4n) is 1.54. The van der Waals surface area contributed by atoms with Crippen LogP contribution in [0.1, 0.15) is 52.1 Å². The molecule has 24 heavy (non-hydrogen) atoms. The number of esters is 1. The largest absolute Gasteiger partial charge is 0.467 e. The van der Waals surface area contributed by atoms with E-state index >= 15 is 0 Å². The first-order valence-corrected chi connectivity index (χ1v) is 11.0. The molecule has 0 aliphatic rings. The first-order valence-electron chi connectivity index (χ1n) is 9.58. The van der Waals surface area contributed by atoms with Crippen molar-refractivity contribution >= 4 is 20.4 Å². The molecule has 0 heterocycles. The summed E-state index contributed by atoms with van der Waals surface area (Å²) < 4.78 is 38.9. The van der Waals surface area contributed by atoms with Crippen LogP contribution in [-0.2, 0) is 18.7 Å². The third-order valence-electron chi connectivity index (χ3n) is 3.94. The van der Waals surface area contributed by atoms with Gasteiger partial charge in [0.05, 0.1) is 7.11 Å². The van der Waals surface area contributed by atoms with E-state index in [1.54, 1.807) is 20.8 Å². The Morgan fingerprint density at radius 2 is 1.71 bits per heavy atom. The molecule has 0 aromatic carbocycles. The summed E-state index contributed by atoms with van der Waals surface area (Å²) in [6.07, 6.45) is -1.92. The van der Waals surface area contributed by atoms with Crippen molar-refractivity contribution in [3.05, 3.63) is 0 Å². The maximum atomic E-state index is 12.3. The fourth-order valence-corrected chi connectivity index (χ4v) is 2.82. The van der Waals surface area contributed by atoms with Crippen molar-refractivity contribution in [3.63, 3.8) is 0 Å². The van der Waals surface area contributed by atoms with Gasteiger partial charge in [-0.25, -0.2) is 9.59 Å². The first kappa shape index (κ1) is 17.7. The van der Waals surface area contributed by atoms with Crippen LogP contribution in [0.3, 0.4) is 0 Å². The normalized spacial score (nSPS) is 16.5. The molecule has 0 fully saturated rings. The van der Waals surface area contributed by atoms with Gasteiger partial charge in [0.1, 0.15) is 11.7 Å². The summed E-state index contributed by atoms with van der Waals surface area (Å²) >= 11 is 0. The zero-order valence-electron chi connectivity index (χ0n) is 19.5. The predicted molar refractivity (Wildman–Crippen MR) is 97.6 cm³/mol. The SMILES string of the molecule is [2H]C([2H])([2H])N(CCC(O[Si](C)(C)C(C)(C)C)C(=O)OC)C(=O)OC(C)(C)C. The lowest BCUT2D eigenvalue weighted by molar-refractivity contribution is -0.149. The first-order chi connectivity index (χ1) is 11.8. The van der Waals surface area contributed by atoms with Crippen LogP contribution in [0.4, 0.5) is 4.79 Å². The van der Waals surface area contributed by atoms with E-state index < -0.39 is 39.1 Å². The molecule has 142 valence electrons. The molecule has 0 rings (SSSR count). The summed E-state index contributed by atoms with van der Waals surface area (Å²) in [7, 11) is -1.06. The van der Waals surface area contributed by atoms with E-state index in [4.69, 9.17) is 18.0 Å². The van der Waals surface area contributed by atoms with Crippen LogP contribution in [0, 0.1) is 0 Å². The van der Waals surface area contributed by atoms with E-state index in [0.29, 0.717) is 4.90 Å². The molecule has 0 aromatic heterocycles. The highest BCUT2D eigenvalue weighted by molar-refractivity contribution is 6.74. The van der Waals surface area contributed by atoms with Crippen LogP contribution in [0.25, 0.3) is 0 Å². The van der Waals surface area contributed by atoms with Crippen molar-refractivity contribution in [2.24, 2.45) is 0 Å². The highest BCUT2D eigenvalue weighted by Crippen LogP contribution is 2.37. The molecule has 0 aromatic rings. The quantitative estimate of drug-likeness (QED) is 0.530. The van der Waals surface area contributed by atoms with E-state index in [0.717, 1.165) is 0 Å². The minimum atomic E-state index is -2.69. The molecular formula is C17H35NO5Si. The van der Waals surface area contributed by atoms with Gasteiger partial charge in [-0.15, -0.1) is 0 Å². The standard InChI is InChI=1S/C17H35NO5Si/c1-16(2,3)22-15(20)18(7)12-11-13(14(19)21-8)23-24(9,10)17(4,5)6/h13H,11-12H2,1-10H3/i7D3.